The Morgan fingerprint density at radius 3 is 2.80 bits per heavy atom. The first kappa shape index (κ1) is 14.5. The van der Waals surface area contributed by atoms with Crippen LogP contribution in [0.15, 0.2) is 24.4 Å². The van der Waals surface area contributed by atoms with Crippen LogP contribution < -0.4 is 5.32 Å². The molecule has 1 amide bonds. The summed E-state index contributed by atoms with van der Waals surface area (Å²) >= 11 is 5.95. The Morgan fingerprint density at radius 1 is 1.45 bits per heavy atom. The van der Waals surface area contributed by atoms with Gasteiger partial charge in [0.05, 0.1) is 12.2 Å². The molecule has 0 aliphatic rings. The topological polar surface area (TPSA) is 59.8 Å². The fourth-order valence-corrected chi connectivity index (χ4v) is 1.99. The highest BCUT2D eigenvalue weighted by atomic mass is 35.5. The summed E-state index contributed by atoms with van der Waals surface area (Å²) in [4.78, 5) is 16.3. The number of halogens is 1. The van der Waals surface area contributed by atoms with Gasteiger partial charge in [-0.3, -0.25) is 9.48 Å². The number of nitrogens with zero attached hydrogens (tertiary/aromatic N) is 3. The van der Waals surface area contributed by atoms with E-state index in [9.17, 15) is 4.79 Å². The van der Waals surface area contributed by atoms with E-state index in [0.29, 0.717) is 17.3 Å². The highest BCUT2D eigenvalue weighted by Gasteiger charge is 2.11. The van der Waals surface area contributed by atoms with Gasteiger partial charge in [0.15, 0.2) is 0 Å². The van der Waals surface area contributed by atoms with E-state index in [1.165, 1.54) is 0 Å². The molecule has 1 N–H and O–H groups in total. The van der Waals surface area contributed by atoms with Gasteiger partial charge < -0.3 is 5.32 Å². The number of hydrogen-bond donors (Lipinski definition) is 1. The minimum atomic E-state index is -0.179. The molecule has 0 saturated heterocycles. The molecule has 6 heteroatoms. The largest absolute Gasteiger partial charge is 0.346 e. The third kappa shape index (κ3) is 3.57. The number of aromatic nitrogens is 3. The third-order valence-electron chi connectivity index (χ3n) is 2.87. The average molecular weight is 293 g/mol. The number of pyridine rings is 1. The molecule has 2 heterocycles. The molecule has 0 aliphatic heterocycles. The van der Waals surface area contributed by atoms with Crippen molar-refractivity contribution in [2.45, 2.75) is 26.3 Å². The Morgan fingerprint density at radius 2 is 2.20 bits per heavy atom. The smallest absolute Gasteiger partial charge is 0.251 e. The molecule has 0 saturated carbocycles. The lowest BCUT2D eigenvalue weighted by Crippen LogP contribution is -2.23. The van der Waals surface area contributed by atoms with Crippen molar-refractivity contribution in [1.82, 2.24) is 20.1 Å². The average Bonchev–Trinajstić information content (AvgIpc) is 2.81. The molecule has 106 valence electrons. The van der Waals surface area contributed by atoms with Gasteiger partial charge in [-0.15, -0.1) is 0 Å². The summed E-state index contributed by atoms with van der Waals surface area (Å²) in [5.41, 5.74) is 2.13. The maximum absolute atomic E-state index is 12.1. The van der Waals surface area contributed by atoms with Gasteiger partial charge in [-0.1, -0.05) is 25.4 Å². The van der Waals surface area contributed by atoms with Crippen molar-refractivity contribution in [2.24, 2.45) is 7.05 Å². The van der Waals surface area contributed by atoms with E-state index in [2.05, 4.69) is 15.4 Å². The second-order valence-corrected chi connectivity index (χ2v) is 5.31. The van der Waals surface area contributed by atoms with Crippen LogP contribution >= 0.6 is 11.6 Å². The number of amides is 1. The van der Waals surface area contributed by atoms with Gasteiger partial charge in [0.1, 0.15) is 5.15 Å². The van der Waals surface area contributed by atoms with E-state index >= 15 is 0 Å². The van der Waals surface area contributed by atoms with Crippen LogP contribution in [0.4, 0.5) is 0 Å². The van der Waals surface area contributed by atoms with Crippen molar-refractivity contribution in [1.29, 1.82) is 0 Å². The lowest BCUT2D eigenvalue weighted by Gasteiger charge is -2.08. The van der Waals surface area contributed by atoms with E-state index in [-0.39, 0.29) is 11.8 Å². The van der Waals surface area contributed by atoms with Crippen molar-refractivity contribution in [3.63, 3.8) is 0 Å². The van der Waals surface area contributed by atoms with Gasteiger partial charge in [0.2, 0.25) is 0 Å². The van der Waals surface area contributed by atoms with E-state index in [1.54, 1.807) is 16.8 Å². The zero-order chi connectivity index (χ0) is 14.7. The molecule has 0 aromatic carbocycles. The molecule has 0 aliphatic carbocycles. The second-order valence-electron chi connectivity index (χ2n) is 4.92. The summed E-state index contributed by atoms with van der Waals surface area (Å²) in [5.74, 6) is 0.0397. The zero-order valence-electron chi connectivity index (χ0n) is 11.7. The van der Waals surface area contributed by atoms with Crippen LogP contribution in [0.3, 0.4) is 0 Å². The summed E-state index contributed by atoms with van der Waals surface area (Å²) in [7, 11) is 1.84. The normalized spacial score (nSPS) is 10.8. The first-order chi connectivity index (χ1) is 9.45. The highest BCUT2D eigenvalue weighted by molar-refractivity contribution is 6.29. The molecule has 0 unspecified atom stereocenters. The molecule has 0 atom stereocenters. The quantitative estimate of drug-likeness (QED) is 0.881. The lowest BCUT2D eigenvalue weighted by molar-refractivity contribution is 0.0950. The van der Waals surface area contributed by atoms with Crippen LogP contribution in [0.5, 0.6) is 0 Å². The van der Waals surface area contributed by atoms with Crippen molar-refractivity contribution in [3.8, 4) is 0 Å². The zero-order valence-corrected chi connectivity index (χ0v) is 12.5. The Hall–Kier alpha value is -1.88. The van der Waals surface area contributed by atoms with Crippen LogP contribution in [-0.2, 0) is 13.6 Å². The monoisotopic (exact) mass is 292 g/mol. The standard InChI is InChI=1S/C14H17ClN4O/c1-9(2)12-6-10(7-13(15)17-12)14(20)16-8-11-4-5-19(3)18-11/h4-7,9H,8H2,1-3H3,(H,16,20). The summed E-state index contributed by atoms with van der Waals surface area (Å²) in [6.07, 6.45) is 1.83. The maximum Gasteiger partial charge on any atom is 0.251 e. The first-order valence-corrected chi connectivity index (χ1v) is 6.77. The molecule has 5 nitrogen and oxygen atoms in total. The predicted octanol–water partition coefficient (Wildman–Crippen LogP) is 2.52. The van der Waals surface area contributed by atoms with Crippen molar-refractivity contribution < 1.29 is 4.79 Å². The first-order valence-electron chi connectivity index (χ1n) is 6.40. The van der Waals surface area contributed by atoms with Gasteiger partial charge in [0, 0.05) is 24.5 Å². The number of nitrogens with one attached hydrogen (secondary N) is 1. The third-order valence-corrected chi connectivity index (χ3v) is 3.06. The molecular weight excluding hydrogens is 276 g/mol. The molecule has 20 heavy (non-hydrogen) atoms. The van der Waals surface area contributed by atoms with Gasteiger partial charge in [-0.05, 0) is 24.1 Å². The minimum absolute atomic E-state index is 0.179. The maximum atomic E-state index is 12.1. The van der Waals surface area contributed by atoms with Crippen molar-refractivity contribution in [2.75, 3.05) is 0 Å². The van der Waals surface area contributed by atoms with Crippen molar-refractivity contribution in [3.05, 3.63) is 46.5 Å². The highest BCUT2D eigenvalue weighted by Crippen LogP contribution is 2.17. The molecule has 2 aromatic rings. The molecule has 0 radical (unpaired) electrons. The fraction of sp³-hybridized carbons (Fsp3) is 0.357. The molecular formula is C14H17ClN4O. The molecule has 0 bridgehead atoms. The van der Waals surface area contributed by atoms with E-state index in [4.69, 9.17) is 11.6 Å². The number of carbonyl (C=O) groups is 1. The SMILES string of the molecule is CC(C)c1cc(C(=O)NCc2ccn(C)n2)cc(Cl)n1. The summed E-state index contributed by atoms with van der Waals surface area (Å²) < 4.78 is 1.70. The molecule has 2 rings (SSSR count). The van der Waals surface area contributed by atoms with E-state index < -0.39 is 0 Å². The van der Waals surface area contributed by atoms with Crippen LogP contribution in [0.2, 0.25) is 5.15 Å². The van der Waals surface area contributed by atoms with Gasteiger partial charge in [-0.25, -0.2) is 4.98 Å². The van der Waals surface area contributed by atoms with Gasteiger partial charge >= 0.3 is 0 Å². The lowest BCUT2D eigenvalue weighted by atomic mass is 10.1. The van der Waals surface area contributed by atoms with Crippen LogP contribution in [-0.4, -0.2) is 20.7 Å². The van der Waals surface area contributed by atoms with Gasteiger partial charge in [0.25, 0.3) is 5.91 Å². The number of rotatable bonds is 4. The van der Waals surface area contributed by atoms with Crippen LogP contribution in [0.25, 0.3) is 0 Å². The molecule has 0 spiro atoms. The molecule has 2 aromatic heterocycles. The van der Waals surface area contributed by atoms with Crippen LogP contribution in [0, 0.1) is 0 Å². The van der Waals surface area contributed by atoms with Crippen LogP contribution in [0.1, 0.15) is 41.5 Å². The van der Waals surface area contributed by atoms with Gasteiger partial charge in [-0.2, -0.15) is 5.10 Å². The minimum Gasteiger partial charge on any atom is -0.346 e. The number of carbonyl (C=O) groups excluding carboxylic acids is 1. The molecule has 0 fully saturated rings. The van der Waals surface area contributed by atoms with Crippen molar-refractivity contribution >= 4 is 17.5 Å². The predicted molar refractivity (Wildman–Crippen MR) is 77.7 cm³/mol. The second kappa shape index (κ2) is 6.05. The number of hydrogen-bond acceptors (Lipinski definition) is 3. The Labute approximate surface area is 123 Å². The Kier molecular flexibility index (Phi) is 4.39. The summed E-state index contributed by atoms with van der Waals surface area (Å²) in [5, 5.41) is 7.36. The summed E-state index contributed by atoms with van der Waals surface area (Å²) in [6, 6.07) is 5.20. The fourth-order valence-electron chi connectivity index (χ4n) is 1.77. The van der Waals surface area contributed by atoms with E-state index in [0.717, 1.165) is 11.4 Å². The van der Waals surface area contributed by atoms with E-state index in [1.807, 2.05) is 33.2 Å². The summed E-state index contributed by atoms with van der Waals surface area (Å²) in [6.45, 7) is 4.40. The number of aryl methyl sites for hydroxylation is 1. The Bertz CT molecular complexity index is 621. The Balaban J connectivity index is 2.09.